The minimum Gasteiger partial charge on any atom is -0.497 e. The molecule has 0 unspecified atom stereocenters. The molecule has 7 heteroatoms. The number of rotatable bonds is 9. The lowest BCUT2D eigenvalue weighted by Crippen LogP contribution is -2.36. The Morgan fingerprint density at radius 1 is 1.03 bits per heavy atom. The Kier molecular flexibility index (Phi) is 7.89. The zero-order chi connectivity index (χ0) is 25.8. The summed E-state index contributed by atoms with van der Waals surface area (Å²) in [5, 5.41) is 3.22. The maximum absolute atomic E-state index is 13.0. The maximum Gasteiger partial charge on any atom is 0.224 e. The van der Waals surface area contributed by atoms with Crippen LogP contribution in [0.3, 0.4) is 0 Å². The van der Waals surface area contributed by atoms with Gasteiger partial charge in [-0.3, -0.25) is 4.79 Å². The molecule has 7 nitrogen and oxygen atoms in total. The molecule has 1 aliphatic carbocycles. The van der Waals surface area contributed by atoms with Crippen molar-refractivity contribution < 1.29 is 23.7 Å². The topological polar surface area (TPSA) is 69.3 Å². The van der Waals surface area contributed by atoms with Crippen LogP contribution >= 0.6 is 0 Å². The number of methoxy groups -OCH3 is 4. The van der Waals surface area contributed by atoms with Crippen molar-refractivity contribution in [1.82, 2.24) is 10.2 Å². The summed E-state index contributed by atoms with van der Waals surface area (Å²) in [7, 11) is 8.59. The summed E-state index contributed by atoms with van der Waals surface area (Å²) in [6.45, 7) is 4.01. The minimum atomic E-state index is 0.0595. The molecule has 2 aromatic rings. The van der Waals surface area contributed by atoms with E-state index in [0.717, 1.165) is 58.7 Å². The van der Waals surface area contributed by atoms with Crippen LogP contribution in [0.1, 0.15) is 36.5 Å². The van der Waals surface area contributed by atoms with Crippen molar-refractivity contribution in [3.05, 3.63) is 58.7 Å². The fraction of sp³-hybridized carbons (Fsp3) is 0.414. The number of nitrogens with zero attached hydrogens (tertiary/aromatic N) is 1. The molecular formula is C29H36N2O5. The van der Waals surface area contributed by atoms with E-state index >= 15 is 0 Å². The van der Waals surface area contributed by atoms with Gasteiger partial charge in [-0.1, -0.05) is 12.1 Å². The van der Waals surface area contributed by atoms with Crippen molar-refractivity contribution in [2.45, 2.75) is 32.2 Å². The monoisotopic (exact) mass is 492 g/mol. The molecule has 0 radical (unpaired) electrons. The molecule has 0 spiro atoms. The standard InChI is InChI=1S/C29H36N2O5/c1-18-22(9-7-19-13-26(34-4)29(36-6)27(14-19)35-5)23-10-8-21(33-3)15-25(23)24(18)16-28(32)30-20-11-12-31(2)17-20/h8-10,13-15,20H,7,11-12,16-17H2,1-6H3,(H,30,32)/b22-9-/t20-/m1/s1. The zero-order valence-corrected chi connectivity index (χ0v) is 22.1. The molecule has 4 rings (SSSR count). The summed E-state index contributed by atoms with van der Waals surface area (Å²) < 4.78 is 22.0. The molecule has 1 fully saturated rings. The molecule has 1 aliphatic heterocycles. The van der Waals surface area contributed by atoms with Crippen LogP contribution in [0, 0.1) is 0 Å². The molecule has 2 aliphatic rings. The Balaban J connectivity index is 1.64. The van der Waals surface area contributed by atoms with Gasteiger partial charge in [-0.25, -0.2) is 0 Å². The average Bonchev–Trinajstić information content (AvgIpc) is 3.41. The van der Waals surface area contributed by atoms with Crippen LogP contribution in [0.2, 0.25) is 0 Å². The first-order valence-electron chi connectivity index (χ1n) is 12.2. The highest BCUT2D eigenvalue weighted by Gasteiger charge is 2.27. The number of fused-ring (bicyclic) bond motifs is 1. The van der Waals surface area contributed by atoms with E-state index in [-0.39, 0.29) is 11.9 Å². The Hall–Kier alpha value is -3.45. The van der Waals surface area contributed by atoms with E-state index in [1.54, 1.807) is 28.4 Å². The quantitative estimate of drug-likeness (QED) is 0.562. The number of nitrogens with one attached hydrogen (secondary N) is 1. The van der Waals surface area contributed by atoms with Gasteiger partial charge in [-0.15, -0.1) is 0 Å². The summed E-state index contributed by atoms with van der Waals surface area (Å²) in [6, 6.07) is 10.2. The van der Waals surface area contributed by atoms with Crippen LogP contribution in [0.4, 0.5) is 0 Å². The van der Waals surface area contributed by atoms with E-state index in [9.17, 15) is 4.79 Å². The number of likely N-dealkylation sites (N-methyl/N-ethyl adjacent to an activating group) is 1. The summed E-state index contributed by atoms with van der Waals surface area (Å²) in [5.41, 5.74) is 6.50. The third-order valence-electron chi connectivity index (χ3n) is 7.06. The van der Waals surface area contributed by atoms with Gasteiger partial charge >= 0.3 is 0 Å². The van der Waals surface area contributed by atoms with Crippen LogP contribution in [0.15, 0.2) is 42.0 Å². The highest BCUT2D eigenvalue weighted by atomic mass is 16.5. The van der Waals surface area contributed by atoms with E-state index < -0.39 is 0 Å². The summed E-state index contributed by atoms with van der Waals surface area (Å²) >= 11 is 0. The van der Waals surface area contributed by atoms with E-state index in [4.69, 9.17) is 18.9 Å². The van der Waals surface area contributed by atoms with Crippen molar-refractivity contribution >= 4 is 17.1 Å². The molecule has 36 heavy (non-hydrogen) atoms. The lowest BCUT2D eigenvalue weighted by atomic mass is 10.00. The molecule has 192 valence electrons. The Bertz CT molecular complexity index is 1180. The number of amides is 1. The molecule has 0 aromatic heterocycles. The molecule has 1 saturated heterocycles. The zero-order valence-electron chi connectivity index (χ0n) is 22.1. The Labute approximate surface area is 213 Å². The summed E-state index contributed by atoms with van der Waals surface area (Å²) in [5.74, 6) is 2.67. The fourth-order valence-electron chi connectivity index (χ4n) is 5.16. The normalized spacial score (nSPS) is 18.4. The van der Waals surface area contributed by atoms with Crippen LogP contribution in [0.5, 0.6) is 23.0 Å². The van der Waals surface area contributed by atoms with Gasteiger partial charge in [0.1, 0.15) is 5.75 Å². The maximum atomic E-state index is 13.0. The molecule has 1 heterocycles. The van der Waals surface area contributed by atoms with Crippen LogP contribution < -0.4 is 24.3 Å². The Morgan fingerprint density at radius 3 is 2.33 bits per heavy atom. The molecular weight excluding hydrogens is 456 g/mol. The van der Waals surface area contributed by atoms with E-state index in [1.165, 1.54) is 0 Å². The van der Waals surface area contributed by atoms with Crippen molar-refractivity contribution in [2.75, 3.05) is 48.6 Å². The SMILES string of the molecule is COc1ccc2c(c1)C(CC(=O)N[C@@H]1CCN(C)C1)=C(C)/C2=C/Cc1cc(OC)c(OC)c(OC)c1. The summed E-state index contributed by atoms with van der Waals surface area (Å²) in [6.07, 6.45) is 4.21. The lowest BCUT2D eigenvalue weighted by Gasteiger charge is -2.14. The van der Waals surface area contributed by atoms with E-state index in [1.807, 2.05) is 24.3 Å². The lowest BCUT2D eigenvalue weighted by molar-refractivity contribution is -0.120. The smallest absolute Gasteiger partial charge is 0.224 e. The van der Waals surface area contributed by atoms with Crippen LogP contribution in [-0.4, -0.2) is 65.4 Å². The van der Waals surface area contributed by atoms with Crippen molar-refractivity contribution in [3.8, 4) is 23.0 Å². The molecule has 2 aromatic carbocycles. The van der Waals surface area contributed by atoms with Gasteiger partial charge in [0.2, 0.25) is 11.7 Å². The number of likely N-dealkylation sites (tertiary alicyclic amines) is 1. The molecule has 1 amide bonds. The van der Waals surface area contributed by atoms with Gasteiger partial charge in [-0.05, 0) is 91.0 Å². The van der Waals surface area contributed by atoms with Gasteiger partial charge in [-0.2, -0.15) is 0 Å². The van der Waals surface area contributed by atoms with Crippen molar-refractivity contribution in [1.29, 1.82) is 0 Å². The van der Waals surface area contributed by atoms with Gasteiger partial charge in [0, 0.05) is 12.6 Å². The average molecular weight is 493 g/mol. The molecule has 0 saturated carbocycles. The number of hydrogen-bond donors (Lipinski definition) is 1. The highest BCUT2D eigenvalue weighted by molar-refractivity contribution is 6.04. The van der Waals surface area contributed by atoms with Gasteiger partial charge in [0.05, 0.1) is 34.9 Å². The highest BCUT2D eigenvalue weighted by Crippen LogP contribution is 2.45. The van der Waals surface area contributed by atoms with Gasteiger partial charge in [0.25, 0.3) is 0 Å². The third-order valence-corrected chi connectivity index (χ3v) is 7.06. The predicted molar refractivity (Wildman–Crippen MR) is 142 cm³/mol. The minimum absolute atomic E-state index is 0.0595. The second-order valence-electron chi connectivity index (χ2n) is 9.36. The van der Waals surface area contributed by atoms with Gasteiger partial charge < -0.3 is 29.2 Å². The number of allylic oxidation sites excluding steroid dienone is 3. The van der Waals surface area contributed by atoms with Crippen molar-refractivity contribution in [3.63, 3.8) is 0 Å². The molecule has 1 N–H and O–H groups in total. The molecule has 0 bridgehead atoms. The first-order chi connectivity index (χ1) is 17.4. The predicted octanol–water partition coefficient (Wildman–Crippen LogP) is 4.34. The largest absolute Gasteiger partial charge is 0.497 e. The van der Waals surface area contributed by atoms with Crippen LogP contribution in [0.25, 0.3) is 11.1 Å². The number of benzene rings is 2. The van der Waals surface area contributed by atoms with E-state index in [2.05, 4.69) is 36.3 Å². The first-order valence-corrected chi connectivity index (χ1v) is 12.2. The number of carbonyl (C=O) groups is 1. The van der Waals surface area contributed by atoms with Crippen LogP contribution in [-0.2, 0) is 11.2 Å². The Morgan fingerprint density at radius 2 is 1.75 bits per heavy atom. The van der Waals surface area contributed by atoms with E-state index in [0.29, 0.717) is 30.1 Å². The number of carbonyl (C=O) groups excluding carboxylic acids is 1. The third kappa shape index (κ3) is 5.21. The number of ether oxygens (including phenoxy) is 4. The fourth-order valence-corrected chi connectivity index (χ4v) is 5.16. The van der Waals surface area contributed by atoms with Crippen molar-refractivity contribution in [2.24, 2.45) is 0 Å². The summed E-state index contributed by atoms with van der Waals surface area (Å²) in [4.78, 5) is 15.3. The van der Waals surface area contributed by atoms with Gasteiger partial charge in [0.15, 0.2) is 11.5 Å². The number of hydrogen-bond acceptors (Lipinski definition) is 6. The second-order valence-corrected chi connectivity index (χ2v) is 9.36. The second kappa shape index (κ2) is 11.1. The first kappa shape index (κ1) is 25.6. The molecule has 1 atom stereocenters.